The number of ether oxygens (including phenoxy) is 1. The summed E-state index contributed by atoms with van der Waals surface area (Å²) < 4.78 is 4.90. The van der Waals surface area contributed by atoms with E-state index in [1.807, 2.05) is 13.8 Å². The molecule has 0 radical (unpaired) electrons. The van der Waals surface area contributed by atoms with Crippen LogP contribution >= 0.6 is 11.6 Å². The number of amides is 1. The van der Waals surface area contributed by atoms with E-state index in [-0.39, 0.29) is 17.2 Å². The lowest BCUT2D eigenvalue weighted by Crippen LogP contribution is -2.36. The van der Waals surface area contributed by atoms with Gasteiger partial charge < -0.3 is 9.64 Å². The highest BCUT2D eigenvalue weighted by molar-refractivity contribution is 6.21. The molecule has 0 spiro atoms. The smallest absolute Gasteiger partial charge is 0.225 e. The molecule has 1 amide bonds. The lowest BCUT2D eigenvalue weighted by molar-refractivity contribution is -0.133. The first-order chi connectivity index (χ1) is 6.52. The molecule has 84 valence electrons. The Labute approximate surface area is 91.4 Å². The van der Waals surface area contributed by atoms with Crippen LogP contribution in [0.2, 0.25) is 0 Å². The first kappa shape index (κ1) is 13.7. The summed E-state index contributed by atoms with van der Waals surface area (Å²) in [4.78, 5) is 13.3. The molecule has 2 atom stereocenters. The zero-order valence-electron chi connectivity index (χ0n) is 9.42. The van der Waals surface area contributed by atoms with Crippen LogP contribution in [-0.4, -0.2) is 43.5 Å². The average Bonchev–Trinajstić information content (AvgIpc) is 2.15. The Bertz CT molecular complexity index is 176. The monoisotopic (exact) mass is 221 g/mol. The minimum atomic E-state index is -0.127. The number of hydrogen-bond acceptors (Lipinski definition) is 2. The molecule has 0 heterocycles. The number of methoxy groups -OCH3 is 1. The van der Waals surface area contributed by atoms with E-state index in [1.54, 1.807) is 19.1 Å². The molecule has 0 saturated heterocycles. The van der Waals surface area contributed by atoms with E-state index in [0.717, 1.165) is 6.42 Å². The quantitative estimate of drug-likeness (QED) is 0.640. The van der Waals surface area contributed by atoms with E-state index >= 15 is 0 Å². The van der Waals surface area contributed by atoms with E-state index < -0.39 is 0 Å². The Balaban J connectivity index is 3.94. The molecule has 0 aromatic heterocycles. The molecule has 0 fully saturated rings. The third-order valence-electron chi connectivity index (χ3n) is 2.23. The molecule has 0 rings (SSSR count). The zero-order chi connectivity index (χ0) is 11.1. The van der Waals surface area contributed by atoms with Crippen LogP contribution in [0.3, 0.4) is 0 Å². The molecule has 0 aliphatic heterocycles. The van der Waals surface area contributed by atoms with Crippen LogP contribution in [-0.2, 0) is 9.53 Å². The SMILES string of the molecule is CCC(C)C(=O)N(C)CC(Cl)COC. The topological polar surface area (TPSA) is 29.5 Å². The van der Waals surface area contributed by atoms with Gasteiger partial charge in [-0.3, -0.25) is 4.79 Å². The fourth-order valence-electron chi connectivity index (χ4n) is 1.17. The van der Waals surface area contributed by atoms with Crippen molar-refractivity contribution >= 4 is 17.5 Å². The largest absolute Gasteiger partial charge is 0.383 e. The van der Waals surface area contributed by atoms with E-state index in [1.165, 1.54) is 0 Å². The predicted octanol–water partition coefficient (Wildman–Crippen LogP) is 1.74. The second-order valence-corrected chi connectivity index (χ2v) is 4.20. The molecule has 0 aromatic carbocycles. The summed E-state index contributed by atoms with van der Waals surface area (Å²) in [5.74, 6) is 0.223. The van der Waals surface area contributed by atoms with Gasteiger partial charge in [-0.1, -0.05) is 13.8 Å². The van der Waals surface area contributed by atoms with Gasteiger partial charge in [-0.05, 0) is 6.42 Å². The zero-order valence-corrected chi connectivity index (χ0v) is 10.2. The van der Waals surface area contributed by atoms with Crippen LogP contribution in [0.4, 0.5) is 0 Å². The van der Waals surface area contributed by atoms with Crippen LogP contribution in [0, 0.1) is 5.92 Å². The van der Waals surface area contributed by atoms with Crippen molar-refractivity contribution in [3.05, 3.63) is 0 Å². The van der Waals surface area contributed by atoms with Crippen molar-refractivity contribution < 1.29 is 9.53 Å². The lowest BCUT2D eigenvalue weighted by atomic mass is 10.1. The highest BCUT2D eigenvalue weighted by atomic mass is 35.5. The van der Waals surface area contributed by atoms with Gasteiger partial charge in [0.05, 0.1) is 12.0 Å². The molecule has 2 unspecified atom stereocenters. The van der Waals surface area contributed by atoms with Crippen molar-refractivity contribution in [1.29, 1.82) is 0 Å². The normalized spacial score (nSPS) is 14.9. The molecular weight excluding hydrogens is 202 g/mol. The van der Waals surface area contributed by atoms with Gasteiger partial charge >= 0.3 is 0 Å². The summed E-state index contributed by atoms with van der Waals surface area (Å²) in [5, 5.41) is -0.127. The van der Waals surface area contributed by atoms with Crippen molar-refractivity contribution in [3.63, 3.8) is 0 Å². The summed E-state index contributed by atoms with van der Waals surface area (Å²) in [5.41, 5.74) is 0. The van der Waals surface area contributed by atoms with Crippen LogP contribution in [0.5, 0.6) is 0 Å². The number of carbonyl (C=O) groups excluding carboxylic acids is 1. The number of rotatable bonds is 6. The third-order valence-corrected chi connectivity index (χ3v) is 2.49. The van der Waals surface area contributed by atoms with Crippen LogP contribution < -0.4 is 0 Å². The Morgan fingerprint density at radius 3 is 2.57 bits per heavy atom. The fourth-order valence-corrected chi connectivity index (χ4v) is 1.50. The van der Waals surface area contributed by atoms with Gasteiger partial charge in [-0.2, -0.15) is 0 Å². The van der Waals surface area contributed by atoms with Gasteiger partial charge in [0.25, 0.3) is 0 Å². The van der Waals surface area contributed by atoms with Gasteiger partial charge in [0, 0.05) is 26.6 Å². The number of nitrogens with zero attached hydrogens (tertiary/aromatic N) is 1. The standard InChI is InChI=1S/C10H20ClNO2/c1-5-8(2)10(13)12(3)6-9(11)7-14-4/h8-9H,5-7H2,1-4H3. The maximum absolute atomic E-state index is 11.6. The molecule has 0 bridgehead atoms. The Morgan fingerprint density at radius 2 is 2.14 bits per heavy atom. The first-order valence-corrected chi connectivity index (χ1v) is 5.34. The van der Waals surface area contributed by atoms with Crippen LogP contribution in [0.25, 0.3) is 0 Å². The van der Waals surface area contributed by atoms with Crippen molar-refractivity contribution in [3.8, 4) is 0 Å². The number of alkyl halides is 1. The van der Waals surface area contributed by atoms with Crippen molar-refractivity contribution in [2.24, 2.45) is 5.92 Å². The highest BCUT2D eigenvalue weighted by Gasteiger charge is 2.17. The summed E-state index contributed by atoms with van der Waals surface area (Å²) in [6, 6.07) is 0. The summed E-state index contributed by atoms with van der Waals surface area (Å²) in [6.07, 6.45) is 0.862. The second kappa shape index (κ2) is 7.07. The molecule has 0 aromatic rings. The van der Waals surface area contributed by atoms with E-state index in [9.17, 15) is 4.79 Å². The second-order valence-electron chi connectivity index (χ2n) is 3.58. The van der Waals surface area contributed by atoms with Gasteiger partial charge in [-0.15, -0.1) is 11.6 Å². The first-order valence-electron chi connectivity index (χ1n) is 4.90. The van der Waals surface area contributed by atoms with Gasteiger partial charge in [0.2, 0.25) is 5.91 Å². The highest BCUT2D eigenvalue weighted by Crippen LogP contribution is 2.07. The van der Waals surface area contributed by atoms with Gasteiger partial charge in [0.1, 0.15) is 0 Å². The van der Waals surface area contributed by atoms with Crippen molar-refractivity contribution in [2.45, 2.75) is 25.6 Å². The minimum Gasteiger partial charge on any atom is -0.383 e. The molecular formula is C10H20ClNO2. The van der Waals surface area contributed by atoms with Crippen LogP contribution in [0.15, 0.2) is 0 Å². The summed E-state index contributed by atoms with van der Waals surface area (Å²) in [6.45, 7) is 4.94. The third kappa shape index (κ3) is 4.82. The number of carbonyl (C=O) groups is 1. The molecule has 3 nitrogen and oxygen atoms in total. The molecule has 0 aliphatic rings. The van der Waals surface area contributed by atoms with Crippen molar-refractivity contribution in [2.75, 3.05) is 27.3 Å². The fraction of sp³-hybridized carbons (Fsp3) is 0.900. The molecule has 4 heteroatoms. The average molecular weight is 222 g/mol. The predicted molar refractivity (Wildman–Crippen MR) is 58.6 cm³/mol. The number of hydrogen-bond donors (Lipinski definition) is 0. The van der Waals surface area contributed by atoms with E-state index in [2.05, 4.69) is 0 Å². The summed E-state index contributed by atoms with van der Waals surface area (Å²) >= 11 is 5.95. The maximum Gasteiger partial charge on any atom is 0.225 e. The molecule has 0 aliphatic carbocycles. The van der Waals surface area contributed by atoms with Gasteiger partial charge in [-0.25, -0.2) is 0 Å². The van der Waals surface area contributed by atoms with E-state index in [0.29, 0.717) is 13.2 Å². The molecule has 0 N–H and O–H groups in total. The van der Waals surface area contributed by atoms with Crippen molar-refractivity contribution in [1.82, 2.24) is 4.90 Å². The molecule has 14 heavy (non-hydrogen) atoms. The lowest BCUT2D eigenvalue weighted by Gasteiger charge is -2.22. The van der Waals surface area contributed by atoms with Crippen LogP contribution in [0.1, 0.15) is 20.3 Å². The maximum atomic E-state index is 11.6. The number of halogens is 1. The Morgan fingerprint density at radius 1 is 1.57 bits per heavy atom. The van der Waals surface area contributed by atoms with Gasteiger partial charge in [0.15, 0.2) is 0 Å². The Kier molecular flexibility index (Phi) is 6.93. The Hall–Kier alpha value is -0.280. The minimum absolute atomic E-state index is 0.0754. The molecule has 0 saturated carbocycles. The van der Waals surface area contributed by atoms with E-state index in [4.69, 9.17) is 16.3 Å². The summed E-state index contributed by atoms with van der Waals surface area (Å²) in [7, 11) is 3.38.